The quantitative estimate of drug-likeness (QED) is 0.589. The molecular formula is C18H24O2. The standard InChI is InChI=1S/C9H14O2.C9H10/c1-2-9(10)11-8-6-4-3-5-7-8;1-3-9-6-4-8(2)5-7-9/h2,8H,1,3-7H2;3-7H,1H2,2H3. The maximum absolute atomic E-state index is 10.7. The third kappa shape index (κ3) is 6.37. The summed E-state index contributed by atoms with van der Waals surface area (Å²) >= 11 is 0. The zero-order valence-corrected chi connectivity index (χ0v) is 12.3. The lowest BCUT2D eigenvalue weighted by atomic mass is 9.98. The smallest absolute Gasteiger partial charge is 0.330 e. The Kier molecular flexibility index (Phi) is 7.41. The van der Waals surface area contributed by atoms with E-state index in [0.717, 1.165) is 12.8 Å². The fraction of sp³-hybridized carbons (Fsp3) is 0.389. The van der Waals surface area contributed by atoms with E-state index in [4.69, 9.17) is 4.74 Å². The number of benzene rings is 1. The summed E-state index contributed by atoms with van der Waals surface area (Å²) in [5, 5.41) is 0. The van der Waals surface area contributed by atoms with E-state index < -0.39 is 0 Å². The Labute approximate surface area is 122 Å². The molecule has 1 saturated carbocycles. The summed E-state index contributed by atoms with van der Waals surface area (Å²) in [5.41, 5.74) is 2.47. The molecule has 2 heteroatoms. The van der Waals surface area contributed by atoms with Gasteiger partial charge in [-0.3, -0.25) is 0 Å². The molecule has 20 heavy (non-hydrogen) atoms. The van der Waals surface area contributed by atoms with Crippen LogP contribution in [0.2, 0.25) is 0 Å². The molecular weight excluding hydrogens is 248 g/mol. The van der Waals surface area contributed by atoms with Gasteiger partial charge in [-0.15, -0.1) is 0 Å². The largest absolute Gasteiger partial charge is 0.459 e. The highest BCUT2D eigenvalue weighted by Crippen LogP contribution is 2.20. The summed E-state index contributed by atoms with van der Waals surface area (Å²) in [6.07, 6.45) is 8.95. The van der Waals surface area contributed by atoms with Gasteiger partial charge in [-0.05, 0) is 38.2 Å². The van der Waals surface area contributed by atoms with Crippen LogP contribution in [-0.4, -0.2) is 12.1 Å². The number of rotatable bonds is 3. The van der Waals surface area contributed by atoms with Crippen molar-refractivity contribution < 1.29 is 9.53 Å². The molecule has 0 unspecified atom stereocenters. The van der Waals surface area contributed by atoms with E-state index in [-0.39, 0.29) is 12.1 Å². The van der Waals surface area contributed by atoms with Gasteiger partial charge in [-0.1, -0.05) is 55.5 Å². The lowest BCUT2D eigenvalue weighted by Gasteiger charge is -2.20. The maximum Gasteiger partial charge on any atom is 0.330 e. The molecule has 1 fully saturated rings. The van der Waals surface area contributed by atoms with Gasteiger partial charge < -0.3 is 4.74 Å². The molecule has 0 aliphatic heterocycles. The normalized spacial score (nSPS) is 14.7. The minimum Gasteiger partial charge on any atom is -0.459 e. The molecule has 0 atom stereocenters. The van der Waals surface area contributed by atoms with Gasteiger partial charge in [0.25, 0.3) is 0 Å². The number of hydrogen-bond acceptors (Lipinski definition) is 2. The van der Waals surface area contributed by atoms with E-state index >= 15 is 0 Å². The van der Waals surface area contributed by atoms with E-state index in [9.17, 15) is 4.79 Å². The highest BCUT2D eigenvalue weighted by molar-refractivity contribution is 5.81. The average Bonchev–Trinajstić information content (AvgIpc) is 2.49. The SMILES string of the molecule is C=CC(=O)OC1CCCCC1.C=Cc1ccc(C)cc1. The fourth-order valence-electron chi connectivity index (χ4n) is 2.10. The molecule has 1 aromatic rings. The summed E-state index contributed by atoms with van der Waals surface area (Å²) in [7, 11) is 0. The molecule has 1 aliphatic carbocycles. The molecule has 0 heterocycles. The minimum absolute atomic E-state index is 0.161. The lowest BCUT2D eigenvalue weighted by Crippen LogP contribution is -2.19. The Morgan fingerprint density at radius 3 is 2.25 bits per heavy atom. The van der Waals surface area contributed by atoms with Crippen LogP contribution < -0.4 is 0 Å². The Hall–Kier alpha value is -1.83. The lowest BCUT2D eigenvalue weighted by molar-refractivity contribution is -0.144. The Morgan fingerprint density at radius 2 is 1.75 bits per heavy atom. The number of aryl methyl sites for hydroxylation is 1. The van der Waals surface area contributed by atoms with E-state index in [1.165, 1.54) is 36.5 Å². The first kappa shape index (κ1) is 16.2. The molecule has 1 aliphatic rings. The van der Waals surface area contributed by atoms with E-state index in [1.54, 1.807) is 0 Å². The van der Waals surface area contributed by atoms with Crippen LogP contribution in [0.1, 0.15) is 43.2 Å². The Bertz CT molecular complexity index is 425. The van der Waals surface area contributed by atoms with Gasteiger partial charge in [0.2, 0.25) is 0 Å². The van der Waals surface area contributed by atoms with Crippen LogP contribution in [0.3, 0.4) is 0 Å². The van der Waals surface area contributed by atoms with Gasteiger partial charge in [-0.25, -0.2) is 4.79 Å². The van der Waals surface area contributed by atoms with E-state index in [1.807, 2.05) is 6.08 Å². The predicted octanol–water partition coefficient (Wildman–Crippen LogP) is 4.69. The van der Waals surface area contributed by atoms with Crippen molar-refractivity contribution in [3.63, 3.8) is 0 Å². The van der Waals surface area contributed by atoms with Crippen molar-refractivity contribution in [2.75, 3.05) is 0 Å². The molecule has 0 amide bonds. The molecule has 0 N–H and O–H groups in total. The first-order valence-corrected chi connectivity index (χ1v) is 7.18. The van der Waals surface area contributed by atoms with Crippen LogP contribution in [0.25, 0.3) is 6.08 Å². The monoisotopic (exact) mass is 272 g/mol. The van der Waals surface area contributed by atoms with E-state index in [0.29, 0.717) is 0 Å². The summed E-state index contributed by atoms with van der Waals surface area (Å²) in [6, 6.07) is 8.28. The molecule has 0 saturated heterocycles. The summed E-state index contributed by atoms with van der Waals surface area (Å²) < 4.78 is 5.08. The first-order chi connectivity index (χ1) is 9.65. The highest BCUT2D eigenvalue weighted by atomic mass is 16.5. The second kappa shape index (κ2) is 9.13. The van der Waals surface area contributed by atoms with Crippen molar-refractivity contribution in [2.45, 2.75) is 45.1 Å². The van der Waals surface area contributed by atoms with Gasteiger partial charge in [0.15, 0.2) is 0 Å². The van der Waals surface area contributed by atoms with Crippen LogP contribution >= 0.6 is 0 Å². The zero-order valence-electron chi connectivity index (χ0n) is 12.3. The van der Waals surface area contributed by atoms with Crippen LogP contribution in [-0.2, 0) is 9.53 Å². The van der Waals surface area contributed by atoms with Gasteiger partial charge in [-0.2, -0.15) is 0 Å². The predicted molar refractivity (Wildman–Crippen MR) is 84.4 cm³/mol. The number of esters is 1. The van der Waals surface area contributed by atoms with Gasteiger partial charge in [0.1, 0.15) is 6.10 Å². The summed E-state index contributed by atoms with van der Waals surface area (Å²) in [5.74, 6) is -0.281. The third-order valence-electron chi connectivity index (χ3n) is 3.31. The van der Waals surface area contributed by atoms with Crippen LogP contribution in [0.4, 0.5) is 0 Å². The molecule has 0 bridgehead atoms. The second-order valence-electron chi connectivity index (χ2n) is 5.02. The first-order valence-electron chi connectivity index (χ1n) is 7.18. The number of carbonyl (C=O) groups excluding carboxylic acids is 1. The molecule has 2 rings (SSSR count). The summed E-state index contributed by atoms with van der Waals surface area (Å²) in [6.45, 7) is 9.09. The molecule has 0 aromatic heterocycles. The average molecular weight is 272 g/mol. The molecule has 0 radical (unpaired) electrons. The molecule has 0 spiro atoms. The van der Waals surface area contributed by atoms with Gasteiger partial charge in [0, 0.05) is 6.08 Å². The topological polar surface area (TPSA) is 26.3 Å². The highest BCUT2D eigenvalue weighted by Gasteiger charge is 2.15. The fourth-order valence-corrected chi connectivity index (χ4v) is 2.10. The number of ether oxygens (including phenoxy) is 1. The van der Waals surface area contributed by atoms with Crippen LogP contribution in [0.5, 0.6) is 0 Å². The van der Waals surface area contributed by atoms with E-state index in [2.05, 4.69) is 44.3 Å². The van der Waals surface area contributed by atoms with Gasteiger partial charge >= 0.3 is 5.97 Å². The maximum atomic E-state index is 10.7. The molecule has 108 valence electrons. The Morgan fingerprint density at radius 1 is 1.15 bits per heavy atom. The molecule has 2 nitrogen and oxygen atoms in total. The van der Waals surface area contributed by atoms with Crippen molar-refractivity contribution in [1.82, 2.24) is 0 Å². The van der Waals surface area contributed by atoms with Crippen molar-refractivity contribution in [3.05, 3.63) is 54.6 Å². The van der Waals surface area contributed by atoms with Crippen LogP contribution in [0.15, 0.2) is 43.5 Å². The van der Waals surface area contributed by atoms with Crippen LogP contribution in [0, 0.1) is 6.92 Å². The Balaban J connectivity index is 0.000000204. The zero-order chi connectivity index (χ0) is 14.8. The summed E-state index contributed by atoms with van der Waals surface area (Å²) in [4.78, 5) is 10.7. The number of carbonyl (C=O) groups is 1. The van der Waals surface area contributed by atoms with Crippen molar-refractivity contribution in [1.29, 1.82) is 0 Å². The van der Waals surface area contributed by atoms with Crippen molar-refractivity contribution in [2.24, 2.45) is 0 Å². The minimum atomic E-state index is -0.281. The molecule has 1 aromatic carbocycles. The van der Waals surface area contributed by atoms with Gasteiger partial charge in [0.05, 0.1) is 0 Å². The number of hydrogen-bond donors (Lipinski definition) is 0. The van der Waals surface area contributed by atoms with Crippen molar-refractivity contribution in [3.8, 4) is 0 Å². The third-order valence-corrected chi connectivity index (χ3v) is 3.31. The van der Waals surface area contributed by atoms with Crippen molar-refractivity contribution >= 4 is 12.0 Å². The second-order valence-corrected chi connectivity index (χ2v) is 5.02.